The van der Waals surface area contributed by atoms with Crippen molar-refractivity contribution in [2.24, 2.45) is 17.6 Å². The van der Waals surface area contributed by atoms with Crippen molar-refractivity contribution in [1.29, 1.82) is 0 Å². The molecule has 1 aliphatic rings. The molecule has 1 unspecified atom stereocenters. The largest absolute Gasteiger partial charge is 0.368 e. The first-order chi connectivity index (χ1) is 10.2. The number of nitrogens with two attached hydrogens (primary N) is 1. The van der Waals surface area contributed by atoms with Crippen molar-refractivity contribution in [3.05, 3.63) is 0 Å². The molecule has 1 saturated heterocycles. The van der Waals surface area contributed by atoms with Gasteiger partial charge in [0.2, 0.25) is 17.7 Å². The van der Waals surface area contributed by atoms with Gasteiger partial charge in [0, 0.05) is 12.5 Å². The van der Waals surface area contributed by atoms with Crippen LogP contribution < -0.4 is 11.1 Å². The molecule has 0 saturated carbocycles. The Bertz CT molecular complexity index is 380. The molecule has 1 aliphatic heterocycles. The number of nitrogens with zero attached hydrogens (tertiary/aromatic N) is 1. The minimum absolute atomic E-state index is 0.0160. The molecule has 22 heavy (non-hydrogen) atoms. The van der Waals surface area contributed by atoms with Crippen molar-refractivity contribution >= 4 is 17.7 Å². The lowest BCUT2D eigenvalue weighted by molar-refractivity contribution is -0.146. The number of hydrogen-bond donors (Lipinski definition) is 2. The Balaban J connectivity index is 0.000000980. The Kier molecular flexibility index (Phi) is 9.45. The van der Waals surface area contributed by atoms with Crippen molar-refractivity contribution in [2.75, 3.05) is 13.1 Å². The summed E-state index contributed by atoms with van der Waals surface area (Å²) in [5, 5.41) is 2.46. The number of amides is 3. The van der Waals surface area contributed by atoms with Crippen LogP contribution in [0.1, 0.15) is 53.9 Å². The maximum atomic E-state index is 12.0. The summed E-state index contributed by atoms with van der Waals surface area (Å²) in [5.41, 5.74) is 4.98. The molecule has 0 aliphatic carbocycles. The van der Waals surface area contributed by atoms with E-state index in [9.17, 15) is 14.4 Å². The molecule has 0 aromatic carbocycles. The molecule has 3 N–H and O–H groups in total. The number of primary amides is 1. The molecule has 1 fully saturated rings. The third-order valence-electron chi connectivity index (χ3n) is 3.24. The van der Waals surface area contributed by atoms with E-state index in [1.807, 2.05) is 13.8 Å². The van der Waals surface area contributed by atoms with E-state index in [1.54, 1.807) is 4.90 Å². The summed E-state index contributed by atoms with van der Waals surface area (Å²) >= 11 is 0. The van der Waals surface area contributed by atoms with Gasteiger partial charge in [0.05, 0.1) is 6.54 Å². The van der Waals surface area contributed by atoms with Crippen LogP contribution in [0.15, 0.2) is 0 Å². The second-order valence-corrected chi connectivity index (χ2v) is 6.42. The molecular formula is C16H31N3O3. The van der Waals surface area contributed by atoms with E-state index in [1.165, 1.54) is 0 Å². The molecule has 0 aromatic heterocycles. The normalized spacial score (nSPS) is 19.3. The number of hydrogen-bond acceptors (Lipinski definition) is 3. The first-order valence-electron chi connectivity index (χ1n) is 8.07. The highest BCUT2D eigenvalue weighted by Gasteiger charge is 2.33. The van der Waals surface area contributed by atoms with E-state index in [2.05, 4.69) is 26.1 Å². The summed E-state index contributed by atoms with van der Waals surface area (Å²) in [6, 6.07) is -0.500. The molecule has 1 heterocycles. The van der Waals surface area contributed by atoms with Crippen LogP contribution in [0.3, 0.4) is 0 Å². The van der Waals surface area contributed by atoms with Crippen LogP contribution in [0.5, 0.6) is 0 Å². The molecule has 1 rings (SSSR count). The molecule has 0 radical (unpaired) electrons. The fourth-order valence-electron chi connectivity index (χ4n) is 2.23. The van der Waals surface area contributed by atoms with Crippen molar-refractivity contribution in [1.82, 2.24) is 10.2 Å². The van der Waals surface area contributed by atoms with Crippen LogP contribution in [0.4, 0.5) is 0 Å². The topological polar surface area (TPSA) is 92.5 Å². The van der Waals surface area contributed by atoms with Crippen molar-refractivity contribution in [2.45, 2.75) is 59.9 Å². The monoisotopic (exact) mass is 313 g/mol. The zero-order chi connectivity index (χ0) is 17.3. The Hall–Kier alpha value is -1.59. The zero-order valence-corrected chi connectivity index (χ0v) is 14.5. The number of carbonyl (C=O) groups excluding carboxylic acids is 3. The SMILES string of the molecule is CC(C)C.CCC(C(=O)NCC(N)=O)N1CCC[C@@H](C)C1=O. The minimum Gasteiger partial charge on any atom is -0.368 e. The maximum absolute atomic E-state index is 12.0. The Morgan fingerprint density at radius 3 is 2.36 bits per heavy atom. The standard InChI is InChI=1S/C12H21N3O3.C4H10/c1-3-9(11(17)14-7-10(13)16)15-6-4-5-8(2)12(15)18;1-4(2)3/h8-9H,3-7H2,1-2H3,(H2,13,16)(H,14,17);4H,1-3H3/t8-,9?;/m1./s1. The average Bonchev–Trinajstić information content (AvgIpc) is 2.41. The van der Waals surface area contributed by atoms with E-state index < -0.39 is 11.9 Å². The first-order valence-corrected chi connectivity index (χ1v) is 8.07. The lowest BCUT2D eigenvalue weighted by Crippen LogP contribution is -2.53. The van der Waals surface area contributed by atoms with E-state index in [4.69, 9.17) is 5.73 Å². The van der Waals surface area contributed by atoms with Gasteiger partial charge in [-0.1, -0.05) is 34.6 Å². The molecule has 0 aromatic rings. The number of piperidine rings is 1. The molecule has 3 amide bonds. The third kappa shape index (κ3) is 7.43. The third-order valence-corrected chi connectivity index (χ3v) is 3.24. The van der Waals surface area contributed by atoms with Gasteiger partial charge in [0.1, 0.15) is 6.04 Å². The summed E-state index contributed by atoms with van der Waals surface area (Å²) in [4.78, 5) is 36.2. The predicted octanol–water partition coefficient (Wildman–Crippen LogP) is 1.29. The van der Waals surface area contributed by atoms with Gasteiger partial charge in [0.25, 0.3) is 0 Å². The highest BCUT2D eigenvalue weighted by atomic mass is 16.2. The van der Waals surface area contributed by atoms with Crippen molar-refractivity contribution in [3.8, 4) is 0 Å². The summed E-state index contributed by atoms with van der Waals surface area (Å²) in [6.45, 7) is 10.6. The minimum atomic E-state index is -0.587. The van der Waals surface area contributed by atoms with Crippen LogP contribution in [0.25, 0.3) is 0 Å². The number of nitrogens with one attached hydrogen (secondary N) is 1. The maximum Gasteiger partial charge on any atom is 0.243 e. The molecule has 6 nitrogen and oxygen atoms in total. The zero-order valence-electron chi connectivity index (χ0n) is 14.5. The highest BCUT2D eigenvalue weighted by molar-refractivity contribution is 5.90. The van der Waals surface area contributed by atoms with Crippen molar-refractivity contribution < 1.29 is 14.4 Å². The second-order valence-electron chi connectivity index (χ2n) is 6.42. The highest BCUT2D eigenvalue weighted by Crippen LogP contribution is 2.20. The number of rotatable bonds is 5. The average molecular weight is 313 g/mol. The van der Waals surface area contributed by atoms with Gasteiger partial charge in [-0.2, -0.15) is 0 Å². The van der Waals surface area contributed by atoms with Gasteiger partial charge in [-0.05, 0) is 25.2 Å². The summed E-state index contributed by atoms with van der Waals surface area (Å²) in [5.74, 6) is -0.0747. The molecule has 0 bridgehead atoms. The molecule has 0 spiro atoms. The Labute approximate surface area is 133 Å². The van der Waals surface area contributed by atoms with Gasteiger partial charge < -0.3 is 16.0 Å². The second kappa shape index (κ2) is 10.2. The summed E-state index contributed by atoms with van der Waals surface area (Å²) in [6.07, 6.45) is 2.31. The lowest BCUT2D eigenvalue weighted by atomic mass is 9.96. The van der Waals surface area contributed by atoms with Gasteiger partial charge >= 0.3 is 0 Å². The van der Waals surface area contributed by atoms with Crippen LogP contribution in [0, 0.1) is 11.8 Å². The smallest absolute Gasteiger partial charge is 0.243 e. The van der Waals surface area contributed by atoms with Gasteiger partial charge in [-0.25, -0.2) is 0 Å². The fraction of sp³-hybridized carbons (Fsp3) is 0.812. The van der Waals surface area contributed by atoms with Crippen LogP contribution in [0.2, 0.25) is 0 Å². The van der Waals surface area contributed by atoms with E-state index >= 15 is 0 Å². The molecule has 128 valence electrons. The fourth-order valence-corrected chi connectivity index (χ4v) is 2.23. The Morgan fingerprint density at radius 1 is 1.36 bits per heavy atom. The first kappa shape index (κ1) is 20.4. The van der Waals surface area contributed by atoms with Crippen LogP contribution in [-0.4, -0.2) is 41.8 Å². The quantitative estimate of drug-likeness (QED) is 0.801. The number of likely N-dealkylation sites (tertiary alicyclic amines) is 1. The van der Waals surface area contributed by atoms with Crippen molar-refractivity contribution in [3.63, 3.8) is 0 Å². The Morgan fingerprint density at radius 2 is 1.91 bits per heavy atom. The number of carbonyl (C=O) groups is 3. The summed E-state index contributed by atoms with van der Waals surface area (Å²) in [7, 11) is 0. The van der Waals surface area contributed by atoms with Crippen LogP contribution in [-0.2, 0) is 14.4 Å². The molecule has 6 heteroatoms. The van der Waals surface area contributed by atoms with E-state index in [-0.39, 0.29) is 24.3 Å². The van der Waals surface area contributed by atoms with E-state index in [0.717, 1.165) is 18.8 Å². The van der Waals surface area contributed by atoms with Gasteiger partial charge in [-0.15, -0.1) is 0 Å². The predicted molar refractivity (Wildman–Crippen MR) is 86.9 cm³/mol. The molecule has 2 atom stereocenters. The summed E-state index contributed by atoms with van der Waals surface area (Å²) < 4.78 is 0. The van der Waals surface area contributed by atoms with Gasteiger partial charge in [0.15, 0.2) is 0 Å². The lowest BCUT2D eigenvalue weighted by Gasteiger charge is -2.35. The van der Waals surface area contributed by atoms with Gasteiger partial charge in [-0.3, -0.25) is 14.4 Å². The van der Waals surface area contributed by atoms with Crippen LogP contribution >= 0.6 is 0 Å². The van der Waals surface area contributed by atoms with E-state index in [0.29, 0.717) is 13.0 Å². The molecular weight excluding hydrogens is 282 g/mol.